The molecule has 0 bridgehead atoms. The number of hydrogen-bond donors (Lipinski definition) is 0. The Morgan fingerprint density at radius 2 is 1.75 bits per heavy atom. The highest BCUT2D eigenvalue weighted by Gasteiger charge is 2.69. The third-order valence-electron chi connectivity index (χ3n) is 6.67. The first-order valence-electron chi connectivity index (χ1n) is 11.3. The standard InChI is InChI=1S/C23H30N3O5P/c1-3-30-32(27,31-4-2)21(19-7-5-6-18(12-19)20-13-24-17-25-14-20)26-15-22(8-9-22)23(16-26)28-10-11-29-23/h5-7,12-14,17,21H,3-4,8-11,15-16H2,1-2H3. The fourth-order valence-electron chi connectivity index (χ4n) is 5.17. The van der Waals surface area contributed by atoms with Gasteiger partial charge in [-0.05, 0) is 43.9 Å². The van der Waals surface area contributed by atoms with Crippen LogP contribution in [-0.4, -0.2) is 60.2 Å². The predicted octanol–water partition coefficient (Wildman–Crippen LogP) is 4.25. The van der Waals surface area contributed by atoms with E-state index in [1.54, 1.807) is 12.4 Å². The van der Waals surface area contributed by atoms with Crippen molar-refractivity contribution in [3.05, 3.63) is 48.5 Å². The smallest absolute Gasteiger partial charge is 0.346 e. The number of likely N-dealkylation sites (tertiary alicyclic amines) is 1. The second kappa shape index (κ2) is 8.60. The second-order valence-corrected chi connectivity index (χ2v) is 10.7. The third-order valence-corrected chi connectivity index (χ3v) is 9.13. The minimum Gasteiger partial charge on any atom is -0.346 e. The normalized spacial score (nSPS) is 22.6. The van der Waals surface area contributed by atoms with Crippen LogP contribution < -0.4 is 0 Å². The minimum absolute atomic E-state index is 0.0457. The number of rotatable bonds is 8. The number of fused-ring (bicyclic) bond motifs is 1. The Labute approximate surface area is 188 Å². The van der Waals surface area contributed by atoms with Gasteiger partial charge in [-0.25, -0.2) is 9.97 Å². The molecule has 3 aliphatic rings. The Morgan fingerprint density at radius 3 is 2.38 bits per heavy atom. The Balaban J connectivity index is 1.56. The molecule has 8 nitrogen and oxygen atoms in total. The summed E-state index contributed by atoms with van der Waals surface area (Å²) < 4.78 is 38.3. The van der Waals surface area contributed by atoms with Crippen molar-refractivity contribution in [1.82, 2.24) is 14.9 Å². The van der Waals surface area contributed by atoms with E-state index in [0.717, 1.165) is 36.1 Å². The SMILES string of the molecule is CCOP(=O)(OCC)C(c1cccc(-c2cncnc2)c1)N1CC2(CC2)C2(C1)OCCO2. The largest absolute Gasteiger partial charge is 0.352 e. The van der Waals surface area contributed by atoms with E-state index in [2.05, 4.69) is 14.9 Å². The molecule has 3 heterocycles. The van der Waals surface area contributed by atoms with E-state index in [9.17, 15) is 4.57 Å². The zero-order valence-electron chi connectivity index (χ0n) is 18.6. The average Bonchev–Trinajstić information content (AvgIpc) is 3.31. The molecule has 0 radical (unpaired) electrons. The number of benzene rings is 1. The molecule has 2 aromatic rings. The molecule has 1 saturated carbocycles. The molecule has 3 fully saturated rings. The molecule has 32 heavy (non-hydrogen) atoms. The predicted molar refractivity (Wildman–Crippen MR) is 119 cm³/mol. The maximum atomic E-state index is 14.2. The van der Waals surface area contributed by atoms with Gasteiger partial charge < -0.3 is 18.5 Å². The number of hydrogen-bond acceptors (Lipinski definition) is 8. The van der Waals surface area contributed by atoms with Gasteiger partial charge >= 0.3 is 7.60 Å². The summed E-state index contributed by atoms with van der Waals surface area (Å²) in [4.78, 5) is 10.5. The molecule has 1 atom stereocenters. The van der Waals surface area contributed by atoms with Crippen LogP contribution in [0.4, 0.5) is 0 Å². The van der Waals surface area contributed by atoms with Crippen molar-refractivity contribution in [2.24, 2.45) is 5.41 Å². The molecule has 9 heteroatoms. The fraction of sp³-hybridized carbons (Fsp3) is 0.565. The summed E-state index contributed by atoms with van der Waals surface area (Å²) in [6.45, 7) is 6.76. The van der Waals surface area contributed by atoms with E-state index >= 15 is 0 Å². The zero-order chi connectivity index (χ0) is 22.2. The van der Waals surface area contributed by atoms with E-state index < -0.39 is 19.2 Å². The second-order valence-electron chi connectivity index (χ2n) is 8.64. The lowest BCUT2D eigenvalue weighted by Crippen LogP contribution is -2.41. The fourth-order valence-corrected chi connectivity index (χ4v) is 7.34. The van der Waals surface area contributed by atoms with Gasteiger partial charge in [0.15, 0.2) is 5.79 Å². The van der Waals surface area contributed by atoms with Crippen molar-refractivity contribution < 1.29 is 23.1 Å². The summed E-state index contributed by atoms with van der Waals surface area (Å²) in [5.74, 6) is -1.18. The summed E-state index contributed by atoms with van der Waals surface area (Å²) in [5, 5.41) is 0. The lowest BCUT2D eigenvalue weighted by atomic mass is 10.00. The molecule has 1 aromatic carbocycles. The lowest BCUT2D eigenvalue weighted by Gasteiger charge is -2.34. The number of aromatic nitrogens is 2. The van der Waals surface area contributed by atoms with Crippen molar-refractivity contribution in [3.8, 4) is 11.1 Å². The van der Waals surface area contributed by atoms with E-state index in [1.807, 2.05) is 38.1 Å². The van der Waals surface area contributed by atoms with Gasteiger partial charge in [-0.2, -0.15) is 0 Å². The van der Waals surface area contributed by atoms with Crippen LogP contribution in [0.2, 0.25) is 0 Å². The van der Waals surface area contributed by atoms with E-state index in [0.29, 0.717) is 33.0 Å². The van der Waals surface area contributed by atoms with Crippen molar-refractivity contribution in [2.75, 3.05) is 39.5 Å². The maximum absolute atomic E-state index is 14.2. The molecule has 2 spiro atoms. The molecule has 172 valence electrons. The van der Waals surface area contributed by atoms with Gasteiger partial charge in [-0.1, -0.05) is 18.2 Å². The molecule has 1 unspecified atom stereocenters. The Kier molecular flexibility index (Phi) is 5.95. The minimum atomic E-state index is -3.51. The third kappa shape index (κ3) is 3.73. The molecular formula is C23H30N3O5P. The van der Waals surface area contributed by atoms with Crippen LogP contribution in [-0.2, 0) is 23.1 Å². The van der Waals surface area contributed by atoms with Gasteiger partial charge in [0.1, 0.15) is 12.1 Å². The maximum Gasteiger partial charge on any atom is 0.352 e. The van der Waals surface area contributed by atoms with Crippen LogP contribution >= 0.6 is 7.60 Å². The van der Waals surface area contributed by atoms with Gasteiger partial charge in [0.2, 0.25) is 0 Å². The number of nitrogens with zero attached hydrogens (tertiary/aromatic N) is 3. The average molecular weight is 459 g/mol. The zero-order valence-corrected chi connectivity index (χ0v) is 19.5. The Hall–Kier alpha value is -1.67. The number of ether oxygens (including phenoxy) is 2. The van der Waals surface area contributed by atoms with Crippen molar-refractivity contribution >= 4 is 7.60 Å². The highest BCUT2D eigenvalue weighted by atomic mass is 31.2. The monoisotopic (exact) mass is 459 g/mol. The van der Waals surface area contributed by atoms with Crippen molar-refractivity contribution in [3.63, 3.8) is 0 Å². The lowest BCUT2D eigenvalue weighted by molar-refractivity contribution is -0.182. The van der Waals surface area contributed by atoms with Crippen LogP contribution in [0.25, 0.3) is 11.1 Å². The molecule has 0 N–H and O–H groups in total. The van der Waals surface area contributed by atoms with E-state index in [4.69, 9.17) is 18.5 Å². The molecule has 1 aliphatic carbocycles. The summed E-state index contributed by atoms with van der Waals surface area (Å²) in [6.07, 6.45) is 7.15. The van der Waals surface area contributed by atoms with E-state index in [1.165, 1.54) is 6.33 Å². The first kappa shape index (κ1) is 22.1. The molecule has 5 rings (SSSR count). The summed E-state index contributed by atoms with van der Waals surface area (Å²) in [5.41, 5.74) is 2.68. The summed E-state index contributed by atoms with van der Waals surface area (Å²) in [7, 11) is -3.51. The van der Waals surface area contributed by atoms with Crippen LogP contribution in [0.5, 0.6) is 0 Å². The van der Waals surface area contributed by atoms with Gasteiger partial charge in [0, 0.05) is 29.9 Å². The van der Waals surface area contributed by atoms with Crippen molar-refractivity contribution in [2.45, 2.75) is 38.3 Å². The highest BCUT2D eigenvalue weighted by molar-refractivity contribution is 7.54. The van der Waals surface area contributed by atoms with Crippen LogP contribution in [0, 0.1) is 5.41 Å². The Morgan fingerprint density at radius 1 is 1.06 bits per heavy atom. The molecule has 2 aliphatic heterocycles. The van der Waals surface area contributed by atoms with Gasteiger partial charge in [-0.3, -0.25) is 9.46 Å². The van der Waals surface area contributed by atoms with Gasteiger partial charge in [0.05, 0.1) is 33.0 Å². The highest BCUT2D eigenvalue weighted by Crippen LogP contribution is 2.68. The first-order valence-corrected chi connectivity index (χ1v) is 12.9. The quantitative estimate of drug-likeness (QED) is 0.542. The van der Waals surface area contributed by atoms with Crippen LogP contribution in [0.1, 0.15) is 38.0 Å². The molecule has 2 saturated heterocycles. The van der Waals surface area contributed by atoms with Crippen molar-refractivity contribution in [1.29, 1.82) is 0 Å². The van der Waals surface area contributed by atoms with Gasteiger partial charge in [-0.15, -0.1) is 0 Å². The van der Waals surface area contributed by atoms with E-state index in [-0.39, 0.29) is 5.41 Å². The molecular weight excluding hydrogens is 429 g/mol. The molecule has 0 amide bonds. The summed E-state index contributed by atoms with van der Waals surface area (Å²) >= 11 is 0. The van der Waals surface area contributed by atoms with Gasteiger partial charge in [0.25, 0.3) is 0 Å². The van der Waals surface area contributed by atoms with Crippen LogP contribution in [0.3, 0.4) is 0 Å². The summed E-state index contributed by atoms with van der Waals surface area (Å²) in [6, 6.07) is 8.00. The Bertz CT molecular complexity index is 984. The molecule has 1 aromatic heterocycles. The van der Waals surface area contributed by atoms with Crippen LogP contribution in [0.15, 0.2) is 43.0 Å². The topological polar surface area (TPSA) is 83.0 Å². The first-order chi connectivity index (χ1) is 15.5.